The number of benzene rings is 2. The maximum atomic E-state index is 13.3. The van der Waals surface area contributed by atoms with Crippen molar-refractivity contribution in [2.75, 3.05) is 13.7 Å². The standard InChI is InChI=1S/C18H18FNO/c1-20(13-15-6-3-2-4-7-15)14-17-9-10-18(19)12-16(17)8-5-11-21/h2-4,6-7,9-10,12,21H,11,13-14H2,1H3. The molecule has 0 heterocycles. The van der Waals surface area contributed by atoms with Gasteiger partial charge in [-0.25, -0.2) is 4.39 Å². The van der Waals surface area contributed by atoms with Crippen molar-refractivity contribution < 1.29 is 9.50 Å². The molecule has 0 atom stereocenters. The quantitative estimate of drug-likeness (QED) is 0.872. The van der Waals surface area contributed by atoms with E-state index in [0.717, 1.165) is 12.1 Å². The molecule has 2 aromatic carbocycles. The van der Waals surface area contributed by atoms with Gasteiger partial charge in [0.1, 0.15) is 12.4 Å². The van der Waals surface area contributed by atoms with Gasteiger partial charge in [0.2, 0.25) is 0 Å². The minimum atomic E-state index is -0.313. The van der Waals surface area contributed by atoms with Crippen LogP contribution in [0.5, 0.6) is 0 Å². The van der Waals surface area contributed by atoms with Gasteiger partial charge in [0.05, 0.1) is 0 Å². The molecule has 0 fully saturated rings. The lowest BCUT2D eigenvalue weighted by atomic mass is 10.1. The van der Waals surface area contributed by atoms with Crippen molar-refractivity contribution in [3.63, 3.8) is 0 Å². The van der Waals surface area contributed by atoms with Gasteiger partial charge in [-0.15, -0.1) is 0 Å². The number of hydrogen-bond donors (Lipinski definition) is 1. The highest BCUT2D eigenvalue weighted by Crippen LogP contribution is 2.14. The van der Waals surface area contributed by atoms with Crippen LogP contribution in [0.3, 0.4) is 0 Å². The Hall–Kier alpha value is -2.15. The van der Waals surface area contributed by atoms with Crippen molar-refractivity contribution >= 4 is 0 Å². The van der Waals surface area contributed by atoms with Gasteiger partial charge < -0.3 is 5.11 Å². The van der Waals surface area contributed by atoms with Crippen LogP contribution >= 0.6 is 0 Å². The largest absolute Gasteiger partial charge is 0.384 e. The first-order valence-corrected chi connectivity index (χ1v) is 6.79. The molecule has 1 N–H and O–H groups in total. The zero-order valence-electron chi connectivity index (χ0n) is 12.0. The number of aliphatic hydroxyl groups excluding tert-OH is 1. The molecule has 21 heavy (non-hydrogen) atoms. The van der Waals surface area contributed by atoms with Gasteiger partial charge in [-0.2, -0.15) is 0 Å². The average Bonchev–Trinajstić information content (AvgIpc) is 2.48. The first kappa shape index (κ1) is 15.2. The smallest absolute Gasteiger partial charge is 0.124 e. The van der Waals surface area contributed by atoms with E-state index in [1.807, 2.05) is 25.2 Å². The Bertz CT molecular complexity index is 643. The molecule has 0 aromatic heterocycles. The van der Waals surface area contributed by atoms with Crippen molar-refractivity contribution in [3.05, 3.63) is 71.0 Å². The number of aliphatic hydroxyl groups is 1. The van der Waals surface area contributed by atoms with Crippen LogP contribution in [0.4, 0.5) is 4.39 Å². The van der Waals surface area contributed by atoms with Gasteiger partial charge in [0.25, 0.3) is 0 Å². The van der Waals surface area contributed by atoms with Gasteiger partial charge in [0, 0.05) is 18.7 Å². The third-order valence-corrected chi connectivity index (χ3v) is 3.11. The highest BCUT2D eigenvalue weighted by Gasteiger charge is 2.06. The zero-order chi connectivity index (χ0) is 15.1. The predicted octanol–water partition coefficient (Wildman–Crippen LogP) is 2.80. The average molecular weight is 283 g/mol. The van der Waals surface area contributed by atoms with Crippen LogP contribution in [0.25, 0.3) is 0 Å². The van der Waals surface area contributed by atoms with Crippen molar-refractivity contribution in [1.29, 1.82) is 0 Å². The van der Waals surface area contributed by atoms with E-state index < -0.39 is 0 Å². The van der Waals surface area contributed by atoms with E-state index in [2.05, 4.69) is 28.9 Å². The third kappa shape index (κ3) is 4.71. The van der Waals surface area contributed by atoms with Crippen molar-refractivity contribution in [1.82, 2.24) is 4.90 Å². The van der Waals surface area contributed by atoms with E-state index in [-0.39, 0.29) is 12.4 Å². The number of nitrogens with zero attached hydrogens (tertiary/aromatic N) is 1. The fraction of sp³-hybridized carbons (Fsp3) is 0.222. The van der Waals surface area contributed by atoms with Crippen LogP contribution in [-0.4, -0.2) is 23.7 Å². The summed E-state index contributed by atoms with van der Waals surface area (Å²) < 4.78 is 13.3. The molecular formula is C18H18FNO. The van der Waals surface area contributed by atoms with Crippen LogP contribution in [0.15, 0.2) is 48.5 Å². The molecule has 0 radical (unpaired) electrons. The van der Waals surface area contributed by atoms with Gasteiger partial charge in [-0.1, -0.05) is 48.2 Å². The molecule has 0 aliphatic heterocycles. The van der Waals surface area contributed by atoms with Crippen molar-refractivity contribution in [2.24, 2.45) is 0 Å². The maximum absolute atomic E-state index is 13.3. The van der Waals surface area contributed by atoms with Crippen LogP contribution in [0.2, 0.25) is 0 Å². The second-order valence-corrected chi connectivity index (χ2v) is 4.92. The SMILES string of the molecule is CN(Cc1ccccc1)Cc1ccc(F)cc1C#CCO. The molecule has 0 spiro atoms. The van der Waals surface area contributed by atoms with Gasteiger partial charge in [-0.3, -0.25) is 4.90 Å². The highest BCUT2D eigenvalue weighted by atomic mass is 19.1. The van der Waals surface area contributed by atoms with Crippen LogP contribution in [0, 0.1) is 17.7 Å². The fourth-order valence-electron chi connectivity index (χ4n) is 2.18. The second-order valence-electron chi connectivity index (χ2n) is 4.92. The maximum Gasteiger partial charge on any atom is 0.124 e. The second kappa shape index (κ2) is 7.58. The van der Waals surface area contributed by atoms with E-state index >= 15 is 0 Å². The Kier molecular flexibility index (Phi) is 5.51. The summed E-state index contributed by atoms with van der Waals surface area (Å²) in [5.41, 5.74) is 2.81. The molecule has 0 unspecified atom stereocenters. The summed E-state index contributed by atoms with van der Waals surface area (Å²) in [5, 5.41) is 8.79. The summed E-state index contributed by atoms with van der Waals surface area (Å²) in [4.78, 5) is 2.15. The summed E-state index contributed by atoms with van der Waals surface area (Å²) in [6.45, 7) is 1.26. The summed E-state index contributed by atoms with van der Waals surface area (Å²) in [6, 6.07) is 14.8. The first-order chi connectivity index (χ1) is 10.2. The van der Waals surface area contributed by atoms with Crippen LogP contribution in [-0.2, 0) is 13.1 Å². The Labute approximate surface area is 124 Å². The number of hydrogen-bond acceptors (Lipinski definition) is 2. The zero-order valence-corrected chi connectivity index (χ0v) is 12.0. The summed E-state index contributed by atoms with van der Waals surface area (Å²) >= 11 is 0. The molecule has 0 saturated carbocycles. The van der Waals surface area contributed by atoms with Crippen molar-refractivity contribution in [2.45, 2.75) is 13.1 Å². The fourth-order valence-corrected chi connectivity index (χ4v) is 2.18. The van der Waals surface area contributed by atoms with Crippen LogP contribution < -0.4 is 0 Å². The van der Waals surface area contributed by atoms with Gasteiger partial charge >= 0.3 is 0 Å². The monoisotopic (exact) mass is 283 g/mol. The molecule has 0 aliphatic carbocycles. The van der Waals surface area contributed by atoms with E-state index in [1.165, 1.54) is 17.7 Å². The Balaban J connectivity index is 2.11. The summed E-state index contributed by atoms with van der Waals surface area (Å²) in [6.07, 6.45) is 0. The topological polar surface area (TPSA) is 23.5 Å². The minimum Gasteiger partial charge on any atom is -0.384 e. The molecule has 2 rings (SSSR count). The molecule has 3 heteroatoms. The summed E-state index contributed by atoms with van der Waals surface area (Å²) in [7, 11) is 2.01. The lowest BCUT2D eigenvalue weighted by Gasteiger charge is -2.18. The molecule has 0 saturated heterocycles. The highest BCUT2D eigenvalue weighted by molar-refractivity contribution is 5.41. The normalized spacial score (nSPS) is 10.3. The third-order valence-electron chi connectivity index (χ3n) is 3.11. The first-order valence-electron chi connectivity index (χ1n) is 6.79. The van der Waals surface area contributed by atoms with E-state index in [1.54, 1.807) is 6.07 Å². The molecule has 108 valence electrons. The Morgan fingerprint density at radius 2 is 1.86 bits per heavy atom. The minimum absolute atomic E-state index is 0.226. The Morgan fingerprint density at radius 3 is 2.57 bits per heavy atom. The van der Waals surface area contributed by atoms with E-state index in [4.69, 9.17) is 5.11 Å². The van der Waals surface area contributed by atoms with Crippen molar-refractivity contribution in [3.8, 4) is 11.8 Å². The summed E-state index contributed by atoms with van der Waals surface area (Å²) in [5.74, 6) is 5.07. The molecule has 0 bridgehead atoms. The lowest BCUT2D eigenvalue weighted by Crippen LogP contribution is -2.18. The lowest BCUT2D eigenvalue weighted by molar-refractivity contribution is 0.318. The molecule has 0 aliphatic rings. The molecular weight excluding hydrogens is 265 g/mol. The van der Waals surface area contributed by atoms with Gasteiger partial charge in [0.15, 0.2) is 0 Å². The van der Waals surface area contributed by atoms with Crippen LogP contribution in [0.1, 0.15) is 16.7 Å². The predicted molar refractivity (Wildman–Crippen MR) is 82.0 cm³/mol. The van der Waals surface area contributed by atoms with E-state index in [9.17, 15) is 4.39 Å². The Morgan fingerprint density at radius 1 is 1.10 bits per heavy atom. The van der Waals surface area contributed by atoms with Gasteiger partial charge in [-0.05, 0) is 30.3 Å². The molecule has 2 nitrogen and oxygen atoms in total. The molecule has 0 amide bonds. The van der Waals surface area contributed by atoms with E-state index in [0.29, 0.717) is 12.1 Å². The number of rotatable bonds is 4. The molecule has 2 aromatic rings. The number of halogens is 1.